The lowest BCUT2D eigenvalue weighted by Gasteiger charge is -2.35. The first-order chi connectivity index (χ1) is 8.79. The van der Waals surface area contributed by atoms with Gasteiger partial charge in [0.05, 0.1) is 12.0 Å². The molecule has 0 N–H and O–H groups in total. The van der Waals surface area contributed by atoms with E-state index in [1.807, 2.05) is 5.01 Å². The van der Waals surface area contributed by atoms with Gasteiger partial charge in [-0.25, -0.2) is 0 Å². The van der Waals surface area contributed by atoms with Crippen molar-refractivity contribution < 1.29 is 9.53 Å². The number of nitrogens with zero attached hydrogens (tertiary/aromatic N) is 2. The molecule has 3 unspecified atom stereocenters. The molecule has 1 aliphatic carbocycles. The minimum Gasteiger partial charge on any atom is -0.357 e. The minimum absolute atomic E-state index is 0.0279. The zero-order valence-corrected chi connectivity index (χ0v) is 10.6. The lowest BCUT2D eigenvalue weighted by atomic mass is 9.89. The Balaban J connectivity index is 1.85. The van der Waals surface area contributed by atoms with Crippen LogP contribution in [0.25, 0.3) is 0 Å². The van der Waals surface area contributed by atoms with Crippen molar-refractivity contribution in [3.63, 3.8) is 0 Å². The molecule has 0 radical (unpaired) electrons. The highest BCUT2D eigenvalue weighted by atomic mass is 16.5. The molecule has 2 aliphatic heterocycles. The third kappa shape index (κ3) is 1.90. The number of hydrogen-bond acceptors (Lipinski definition) is 4. The number of ether oxygens (including phenoxy) is 1. The predicted octanol–water partition coefficient (Wildman–Crippen LogP) is 1.88. The summed E-state index contributed by atoms with van der Waals surface area (Å²) in [7, 11) is 0. The first-order valence-electron chi connectivity index (χ1n) is 6.60. The largest absolute Gasteiger partial charge is 0.357 e. The fourth-order valence-electron chi connectivity index (χ4n) is 2.88. The quantitative estimate of drug-likeness (QED) is 0.699. The van der Waals surface area contributed by atoms with Crippen molar-refractivity contribution in [1.82, 2.24) is 5.01 Å². The summed E-state index contributed by atoms with van der Waals surface area (Å²) < 4.78 is 5.78. The van der Waals surface area contributed by atoms with Gasteiger partial charge in [0.2, 0.25) is 0 Å². The van der Waals surface area contributed by atoms with Gasteiger partial charge in [0.1, 0.15) is 11.9 Å². The first-order valence-corrected chi connectivity index (χ1v) is 6.60. The Morgan fingerprint density at radius 1 is 1.50 bits per heavy atom. The van der Waals surface area contributed by atoms with E-state index in [2.05, 4.69) is 30.3 Å². The number of carbonyl (C=O) groups is 1. The Hall–Kier alpha value is -1.42. The van der Waals surface area contributed by atoms with E-state index in [0.717, 1.165) is 25.7 Å². The molecule has 0 aromatic rings. The third-order valence-corrected chi connectivity index (χ3v) is 3.82. The normalized spacial score (nSPS) is 34.9. The number of rotatable bonds is 2. The zero-order chi connectivity index (χ0) is 12.5. The van der Waals surface area contributed by atoms with Gasteiger partial charge in [0, 0.05) is 6.61 Å². The van der Waals surface area contributed by atoms with Crippen molar-refractivity contribution in [3.05, 3.63) is 23.8 Å². The van der Waals surface area contributed by atoms with Gasteiger partial charge in [-0.1, -0.05) is 23.8 Å². The molecule has 3 rings (SSSR count). The van der Waals surface area contributed by atoms with Crippen LogP contribution in [-0.4, -0.2) is 35.9 Å². The minimum atomic E-state index is 0.0279. The topological polar surface area (TPSA) is 41.9 Å². The lowest BCUT2D eigenvalue weighted by molar-refractivity contribution is -0.102. The molecule has 3 atom stereocenters. The summed E-state index contributed by atoms with van der Waals surface area (Å²) in [5.74, 6) is 0.0954. The molecule has 0 saturated carbocycles. The molecule has 4 nitrogen and oxygen atoms in total. The Bertz CT molecular complexity index is 433. The maximum absolute atomic E-state index is 11.1. The summed E-state index contributed by atoms with van der Waals surface area (Å²) >= 11 is 0. The fraction of sp³-hybridized carbons (Fsp3) is 0.571. The maximum atomic E-state index is 11.1. The highest BCUT2D eigenvalue weighted by molar-refractivity contribution is 6.30. The van der Waals surface area contributed by atoms with Crippen LogP contribution in [0.1, 0.15) is 26.2 Å². The zero-order valence-electron chi connectivity index (χ0n) is 10.6. The van der Waals surface area contributed by atoms with Crippen LogP contribution in [0.15, 0.2) is 28.9 Å². The number of fused-ring (bicyclic) bond motifs is 1. The molecule has 0 aromatic carbocycles. The Labute approximate surface area is 107 Å². The van der Waals surface area contributed by atoms with Crippen LogP contribution < -0.4 is 0 Å². The van der Waals surface area contributed by atoms with Gasteiger partial charge in [-0.05, 0) is 26.2 Å². The summed E-state index contributed by atoms with van der Waals surface area (Å²) in [6.07, 6.45) is 10.6. The molecule has 96 valence electrons. The van der Waals surface area contributed by atoms with E-state index >= 15 is 0 Å². The molecule has 1 saturated heterocycles. The second-order valence-electron chi connectivity index (χ2n) is 5.13. The van der Waals surface area contributed by atoms with Gasteiger partial charge in [0.25, 0.3) is 0 Å². The number of allylic oxidation sites excluding steroid dienone is 2. The van der Waals surface area contributed by atoms with Gasteiger partial charge in [-0.2, -0.15) is 5.10 Å². The number of hydrogen-bond donors (Lipinski definition) is 0. The Morgan fingerprint density at radius 2 is 2.39 bits per heavy atom. The smallest absolute Gasteiger partial charge is 0.166 e. The lowest BCUT2D eigenvalue weighted by Crippen LogP contribution is -2.42. The molecule has 1 fully saturated rings. The van der Waals surface area contributed by atoms with Crippen LogP contribution in [0.3, 0.4) is 0 Å². The van der Waals surface area contributed by atoms with Gasteiger partial charge in [-0.15, -0.1) is 0 Å². The summed E-state index contributed by atoms with van der Waals surface area (Å²) in [5.41, 5.74) is 1.81. The highest BCUT2D eigenvalue weighted by Gasteiger charge is 2.39. The summed E-state index contributed by atoms with van der Waals surface area (Å²) in [4.78, 5) is 11.1. The van der Waals surface area contributed by atoms with E-state index in [4.69, 9.17) is 4.74 Å². The predicted molar refractivity (Wildman–Crippen MR) is 69.1 cm³/mol. The van der Waals surface area contributed by atoms with Crippen LogP contribution in [0.2, 0.25) is 0 Å². The van der Waals surface area contributed by atoms with E-state index in [1.54, 1.807) is 0 Å². The van der Waals surface area contributed by atoms with Crippen molar-refractivity contribution in [2.24, 2.45) is 11.0 Å². The summed E-state index contributed by atoms with van der Waals surface area (Å²) in [6, 6.07) is 0.150. The van der Waals surface area contributed by atoms with Crippen molar-refractivity contribution in [2.75, 3.05) is 6.61 Å². The van der Waals surface area contributed by atoms with Crippen LogP contribution >= 0.6 is 0 Å². The Kier molecular flexibility index (Phi) is 3.04. The van der Waals surface area contributed by atoms with Crippen molar-refractivity contribution in [2.45, 2.75) is 38.5 Å². The van der Waals surface area contributed by atoms with Crippen molar-refractivity contribution >= 4 is 12.0 Å². The Morgan fingerprint density at radius 3 is 3.11 bits per heavy atom. The van der Waals surface area contributed by atoms with E-state index in [9.17, 15) is 4.79 Å². The van der Waals surface area contributed by atoms with Gasteiger partial charge in [0.15, 0.2) is 6.29 Å². The van der Waals surface area contributed by atoms with E-state index in [1.165, 1.54) is 12.0 Å². The van der Waals surface area contributed by atoms with E-state index in [0.29, 0.717) is 5.71 Å². The monoisotopic (exact) mass is 246 g/mol. The molecule has 0 bridgehead atoms. The molecule has 0 spiro atoms. The van der Waals surface area contributed by atoms with Crippen molar-refractivity contribution in [1.29, 1.82) is 0 Å². The molecule has 0 amide bonds. The molecular formula is C14H18N2O2. The SMILES string of the molecule is CC1=CC2C(C=O)=NN(C3CCCCO3)C2C=C1. The second-order valence-corrected chi connectivity index (χ2v) is 5.13. The summed E-state index contributed by atoms with van der Waals surface area (Å²) in [5, 5.41) is 6.45. The van der Waals surface area contributed by atoms with E-state index < -0.39 is 0 Å². The molecule has 18 heavy (non-hydrogen) atoms. The van der Waals surface area contributed by atoms with Crippen molar-refractivity contribution in [3.8, 4) is 0 Å². The first kappa shape index (κ1) is 11.7. The number of hydrazone groups is 1. The number of carbonyl (C=O) groups excluding carboxylic acids is 1. The average molecular weight is 246 g/mol. The summed E-state index contributed by atoms with van der Waals surface area (Å²) in [6.45, 7) is 2.85. The van der Waals surface area contributed by atoms with Gasteiger partial charge < -0.3 is 4.74 Å². The molecule has 0 aromatic heterocycles. The van der Waals surface area contributed by atoms with Crippen LogP contribution in [0, 0.1) is 5.92 Å². The maximum Gasteiger partial charge on any atom is 0.166 e. The molecular weight excluding hydrogens is 228 g/mol. The standard InChI is InChI=1S/C14H18N2O2/c1-10-5-6-13-11(8-10)12(9-17)15-16(13)14-4-2-3-7-18-14/h5-6,8-9,11,13-14H,2-4,7H2,1H3. The highest BCUT2D eigenvalue weighted by Crippen LogP contribution is 2.32. The van der Waals surface area contributed by atoms with Gasteiger partial charge >= 0.3 is 0 Å². The van der Waals surface area contributed by atoms with Crippen LogP contribution in [-0.2, 0) is 9.53 Å². The second kappa shape index (κ2) is 4.69. The number of aldehydes is 1. The molecule has 2 heterocycles. The van der Waals surface area contributed by atoms with Crippen LogP contribution in [0.4, 0.5) is 0 Å². The molecule has 4 heteroatoms. The third-order valence-electron chi connectivity index (χ3n) is 3.82. The average Bonchev–Trinajstić information content (AvgIpc) is 2.77. The fourth-order valence-corrected chi connectivity index (χ4v) is 2.88. The van der Waals surface area contributed by atoms with Gasteiger partial charge in [-0.3, -0.25) is 9.80 Å². The molecule has 3 aliphatic rings. The van der Waals surface area contributed by atoms with Crippen LogP contribution in [0.5, 0.6) is 0 Å². The van der Waals surface area contributed by atoms with E-state index in [-0.39, 0.29) is 18.2 Å².